The summed E-state index contributed by atoms with van der Waals surface area (Å²) in [5.74, 6) is 0.438. The summed E-state index contributed by atoms with van der Waals surface area (Å²) in [7, 11) is -4.24. The summed E-state index contributed by atoms with van der Waals surface area (Å²) in [6.45, 7) is 3.97. The van der Waals surface area contributed by atoms with Crippen molar-refractivity contribution in [2.75, 3.05) is 5.32 Å². The monoisotopic (exact) mass is 457 g/mol. The maximum Gasteiger partial charge on any atom is 0.333 e. The Bertz CT molecular complexity index is 1220. The van der Waals surface area contributed by atoms with E-state index in [0.717, 1.165) is 55.3 Å². The smallest absolute Gasteiger partial charge is 0.333 e. The quantitative estimate of drug-likeness (QED) is 0.476. The third-order valence-electron chi connectivity index (χ3n) is 6.71. The van der Waals surface area contributed by atoms with Gasteiger partial charge in [0.2, 0.25) is 5.09 Å². The van der Waals surface area contributed by atoms with E-state index in [1.807, 2.05) is 13.8 Å². The van der Waals surface area contributed by atoms with Gasteiger partial charge in [0.25, 0.3) is 10.0 Å². The van der Waals surface area contributed by atoms with Crippen LogP contribution in [0.5, 0.6) is 0 Å². The van der Waals surface area contributed by atoms with Gasteiger partial charge in [-0.1, -0.05) is 25.1 Å². The predicted molar refractivity (Wildman–Crippen MR) is 119 cm³/mol. The number of hydrogen-bond donors (Lipinski definition) is 3. The van der Waals surface area contributed by atoms with Crippen LogP contribution in [0.1, 0.15) is 66.7 Å². The molecular formula is C23H27N3O5S. The van der Waals surface area contributed by atoms with Crippen LogP contribution in [0.4, 0.5) is 10.5 Å². The number of anilines is 1. The van der Waals surface area contributed by atoms with Crippen LogP contribution in [0.15, 0.2) is 26.8 Å². The van der Waals surface area contributed by atoms with Gasteiger partial charge in [0, 0.05) is 23.7 Å². The second-order valence-corrected chi connectivity index (χ2v) is 11.4. The minimum Gasteiger partial charge on any atom is -0.447 e. The summed E-state index contributed by atoms with van der Waals surface area (Å²) in [6.07, 6.45) is 6.81. The van der Waals surface area contributed by atoms with Crippen LogP contribution in [0, 0.1) is 5.41 Å². The lowest BCUT2D eigenvalue weighted by molar-refractivity contribution is 0.256. The van der Waals surface area contributed by atoms with Crippen molar-refractivity contribution in [2.24, 2.45) is 10.6 Å². The number of aryl methyl sites for hydroxylation is 2. The molecule has 2 aromatic rings. The molecule has 0 fully saturated rings. The predicted octanol–water partition coefficient (Wildman–Crippen LogP) is 3.92. The van der Waals surface area contributed by atoms with E-state index in [1.165, 1.54) is 17.2 Å². The highest BCUT2D eigenvalue weighted by molar-refractivity contribution is 7.89. The molecule has 3 aliphatic carbocycles. The Labute approximate surface area is 187 Å². The summed E-state index contributed by atoms with van der Waals surface area (Å²) in [6, 6.07) is 2.78. The number of amides is 2. The number of furan rings is 1. The molecule has 170 valence electrons. The second-order valence-electron chi connectivity index (χ2n) is 9.76. The zero-order valence-corrected chi connectivity index (χ0v) is 19.1. The van der Waals surface area contributed by atoms with E-state index in [2.05, 4.69) is 21.3 Å². The number of nitrogens with zero attached hydrogens (tertiary/aromatic N) is 1. The molecule has 0 spiro atoms. The van der Waals surface area contributed by atoms with E-state index >= 15 is 0 Å². The number of nitrogens with one attached hydrogen (secondary N) is 2. The van der Waals surface area contributed by atoms with Crippen LogP contribution < -0.4 is 10.0 Å². The molecule has 1 aromatic heterocycles. The van der Waals surface area contributed by atoms with Crippen LogP contribution in [-0.4, -0.2) is 25.4 Å². The molecular weight excluding hydrogens is 430 g/mol. The van der Waals surface area contributed by atoms with Gasteiger partial charge in [-0.15, -0.1) is 0 Å². The van der Waals surface area contributed by atoms with Crippen LogP contribution in [-0.2, 0) is 42.1 Å². The minimum absolute atomic E-state index is 0.230. The van der Waals surface area contributed by atoms with Crippen molar-refractivity contribution < 1.29 is 22.8 Å². The minimum atomic E-state index is -4.24. The Hall–Kier alpha value is -2.81. The average Bonchev–Trinajstić information content (AvgIpc) is 3.44. The van der Waals surface area contributed by atoms with E-state index in [1.54, 1.807) is 0 Å². The zero-order valence-electron chi connectivity index (χ0n) is 18.2. The molecule has 9 heteroatoms. The van der Waals surface area contributed by atoms with Crippen molar-refractivity contribution in [1.29, 1.82) is 0 Å². The summed E-state index contributed by atoms with van der Waals surface area (Å²) in [4.78, 5) is 12.8. The summed E-state index contributed by atoms with van der Waals surface area (Å²) >= 11 is 0. The first-order valence-electron chi connectivity index (χ1n) is 11.0. The van der Waals surface area contributed by atoms with Crippen molar-refractivity contribution in [1.82, 2.24) is 4.72 Å². The highest BCUT2D eigenvalue weighted by Crippen LogP contribution is 2.39. The SMILES string of the molecule is CC1(C)C/C(=N/O)c2cc(S(=O)(=O)NC(=O)Nc3c4c(cc5c3CCC5)CCC4)oc2C1. The van der Waals surface area contributed by atoms with Crippen molar-refractivity contribution in [3.8, 4) is 0 Å². The number of carbonyl (C=O) groups excluding carboxylic acids is 1. The Morgan fingerprint density at radius 2 is 1.72 bits per heavy atom. The Balaban J connectivity index is 1.40. The topological polar surface area (TPSA) is 121 Å². The summed E-state index contributed by atoms with van der Waals surface area (Å²) in [5, 5.41) is 15.2. The van der Waals surface area contributed by atoms with E-state index in [4.69, 9.17) is 4.42 Å². The highest BCUT2D eigenvalue weighted by Gasteiger charge is 2.36. The third kappa shape index (κ3) is 3.58. The van der Waals surface area contributed by atoms with Crippen molar-refractivity contribution in [2.45, 2.75) is 70.3 Å². The number of hydrogen-bond acceptors (Lipinski definition) is 6. The van der Waals surface area contributed by atoms with Gasteiger partial charge in [-0.2, -0.15) is 8.42 Å². The zero-order chi connectivity index (χ0) is 22.7. The molecule has 3 aliphatic rings. The van der Waals surface area contributed by atoms with Crippen molar-refractivity contribution >= 4 is 27.5 Å². The van der Waals surface area contributed by atoms with Gasteiger partial charge in [0.05, 0.1) is 5.71 Å². The maximum absolute atomic E-state index is 12.9. The Morgan fingerprint density at radius 3 is 2.34 bits per heavy atom. The van der Waals surface area contributed by atoms with E-state index in [-0.39, 0.29) is 10.5 Å². The summed E-state index contributed by atoms with van der Waals surface area (Å²) < 4.78 is 33.5. The third-order valence-corrected chi connectivity index (χ3v) is 7.89. The van der Waals surface area contributed by atoms with Crippen LogP contribution in [0.2, 0.25) is 0 Å². The molecule has 0 atom stereocenters. The molecule has 0 saturated carbocycles. The molecule has 1 aromatic carbocycles. The highest BCUT2D eigenvalue weighted by atomic mass is 32.2. The number of fused-ring (bicyclic) bond motifs is 3. The van der Waals surface area contributed by atoms with Gasteiger partial charge in [0.15, 0.2) is 0 Å². The lowest BCUT2D eigenvalue weighted by Gasteiger charge is -2.28. The number of urea groups is 1. The molecule has 5 rings (SSSR count). The number of rotatable bonds is 3. The lowest BCUT2D eigenvalue weighted by Crippen LogP contribution is -2.34. The van der Waals surface area contributed by atoms with E-state index in [9.17, 15) is 18.4 Å². The van der Waals surface area contributed by atoms with Crippen LogP contribution in [0.25, 0.3) is 0 Å². The van der Waals surface area contributed by atoms with Crippen LogP contribution in [0.3, 0.4) is 0 Å². The number of sulfonamides is 1. The molecule has 32 heavy (non-hydrogen) atoms. The van der Waals surface area contributed by atoms with Gasteiger partial charge in [-0.25, -0.2) is 9.52 Å². The Morgan fingerprint density at radius 1 is 1.06 bits per heavy atom. The van der Waals surface area contributed by atoms with Gasteiger partial charge in [-0.05, 0) is 72.6 Å². The number of benzene rings is 1. The van der Waals surface area contributed by atoms with Gasteiger partial charge in [0.1, 0.15) is 5.76 Å². The number of carbonyl (C=O) groups is 1. The maximum atomic E-state index is 12.9. The van der Waals surface area contributed by atoms with Gasteiger partial charge in [-0.3, -0.25) is 0 Å². The fraction of sp³-hybridized carbons (Fsp3) is 0.478. The molecule has 0 bridgehead atoms. The normalized spacial score (nSPS) is 20.0. The lowest BCUT2D eigenvalue weighted by atomic mass is 9.76. The van der Waals surface area contributed by atoms with E-state index in [0.29, 0.717) is 29.9 Å². The molecule has 0 saturated heterocycles. The van der Waals surface area contributed by atoms with E-state index < -0.39 is 16.1 Å². The molecule has 8 nitrogen and oxygen atoms in total. The summed E-state index contributed by atoms with van der Waals surface area (Å²) in [5.41, 5.74) is 6.13. The molecule has 2 amide bonds. The largest absolute Gasteiger partial charge is 0.447 e. The first-order chi connectivity index (χ1) is 15.2. The molecule has 3 N–H and O–H groups in total. The Kier molecular flexibility index (Phi) is 4.85. The van der Waals surface area contributed by atoms with Crippen LogP contribution >= 0.6 is 0 Å². The molecule has 0 unspecified atom stereocenters. The molecule has 1 heterocycles. The van der Waals surface area contributed by atoms with Gasteiger partial charge >= 0.3 is 6.03 Å². The molecule has 0 radical (unpaired) electrons. The fourth-order valence-electron chi connectivity index (χ4n) is 5.33. The standard InChI is InChI=1S/C23H27N3O5S/c1-23(2)11-18(25-28)17-10-20(31-19(17)12-23)32(29,30)26-22(27)24-21-15-7-3-5-13(15)9-14-6-4-8-16(14)21/h9-10,28H,3-8,11-12H2,1-2H3,(H2,24,26,27)/b25-18-. The first kappa shape index (κ1) is 21.1. The van der Waals surface area contributed by atoms with Crippen molar-refractivity contribution in [3.63, 3.8) is 0 Å². The second kappa shape index (κ2) is 7.37. The fourth-order valence-corrected chi connectivity index (χ4v) is 6.20. The first-order valence-corrected chi connectivity index (χ1v) is 12.5. The number of oxime groups is 1. The average molecular weight is 458 g/mol. The molecule has 0 aliphatic heterocycles. The van der Waals surface area contributed by atoms with Gasteiger partial charge < -0.3 is 14.9 Å². The van der Waals surface area contributed by atoms with Crippen molar-refractivity contribution in [3.05, 3.63) is 45.7 Å².